The summed E-state index contributed by atoms with van der Waals surface area (Å²) >= 11 is 0. The number of nitrogens with zero attached hydrogens (tertiary/aromatic N) is 1. The van der Waals surface area contributed by atoms with E-state index in [4.69, 9.17) is 5.73 Å². The first-order valence-corrected chi connectivity index (χ1v) is 6.88. The molecule has 2 atom stereocenters. The average molecular weight is 243 g/mol. The highest BCUT2D eigenvalue weighted by Gasteiger charge is 2.34. The zero-order valence-electron chi connectivity index (χ0n) is 11.6. The van der Waals surface area contributed by atoms with Crippen molar-refractivity contribution < 1.29 is 5.11 Å². The molecule has 1 rings (SSSR count). The molecule has 102 valence electrons. The number of hydrogen-bond acceptors (Lipinski definition) is 4. The maximum atomic E-state index is 9.19. The van der Waals surface area contributed by atoms with Crippen LogP contribution in [0.15, 0.2) is 0 Å². The molecule has 1 heterocycles. The second-order valence-electron chi connectivity index (χ2n) is 5.51. The molecule has 4 heteroatoms. The molecule has 4 N–H and O–H groups in total. The Labute approximate surface area is 106 Å². The monoisotopic (exact) mass is 243 g/mol. The van der Waals surface area contributed by atoms with Crippen molar-refractivity contribution in [2.24, 2.45) is 11.7 Å². The van der Waals surface area contributed by atoms with Crippen molar-refractivity contribution in [3.63, 3.8) is 0 Å². The summed E-state index contributed by atoms with van der Waals surface area (Å²) in [6.07, 6.45) is 2.22. The highest BCUT2D eigenvalue weighted by atomic mass is 16.3. The summed E-state index contributed by atoms with van der Waals surface area (Å²) < 4.78 is 0. The number of piperidine rings is 1. The third-order valence-corrected chi connectivity index (χ3v) is 4.33. The molecule has 2 unspecified atom stereocenters. The van der Waals surface area contributed by atoms with Gasteiger partial charge in [0, 0.05) is 24.7 Å². The van der Waals surface area contributed by atoms with Crippen molar-refractivity contribution in [2.45, 2.75) is 45.2 Å². The van der Waals surface area contributed by atoms with Crippen LogP contribution in [-0.2, 0) is 0 Å². The van der Waals surface area contributed by atoms with E-state index in [0.29, 0.717) is 12.6 Å². The molecular weight excluding hydrogens is 214 g/mol. The third-order valence-electron chi connectivity index (χ3n) is 4.33. The lowest BCUT2D eigenvalue weighted by Gasteiger charge is -2.44. The van der Waals surface area contributed by atoms with Gasteiger partial charge in [0.15, 0.2) is 0 Å². The zero-order chi connectivity index (χ0) is 12.9. The van der Waals surface area contributed by atoms with E-state index in [1.807, 2.05) is 0 Å². The highest BCUT2D eigenvalue weighted by molar-refractivity contribution is 4.96. The van der Waals surface area contributed by atoms with Crippen molar-refractivity contribution in [1.82, 2.24) is 10.2 Å². The van der Waals surface area contributed by atoms with Crippen molar-refractivity contribution in [2.75, 3.05) is 32.8 Å². The fourth-order valence-corrected chi connectivity index (χ4v) is 2.49. The molecule has 17 heavy (non-hydrogen) atoms. The topological polar surface area (TPSA) is 61.5 Å². The minimum Gasteiger partial charge on any atom is -0.396 e. The second-order valence-corrected chi connectivity index (χ2v) is 5.51. The summed E-state index contributed by atoms with van der Waals surface area (Å²) in [4.78, 5) is 2.47. The van der Waals surface area contributed by atoms with Gasteiger partial charge in [-0.2, -0.15) is 0 Å². The number of nitrogens with two attached hydrogens (primary N) is 1. The van der Waals surface area contributed by atoms with E-state index in [1.54, 1.807) is 0 Å². The second kappa shape index (κ2) is 6.69. The Hall–Kier alpha value is -0.160. The van der Waals surface area contributed by atoms with Crippen LogP contribution in [0, 0.1) is 5.92 Å². The molecule has 1 fully saturated rings. The third kappa shape index (κ3) is 3.91. The molecule has 4 nitrogen and oxygen atoms in total. The van der Waals surface area contributed by atoms with E-state index in [0.717, 1.165) is 32.5 Å². The van der Waals surface area contributed by atoms with E-state index >= 15 is 0 Å². The van der Waals surface area contributed by atoms with Crippen LogP contribution < -0.4 is 11.1 Å². The summed E-state index contributed by atoms with van der Waals surface area (Å²) in [7, 11) is 0. The van der Waals surface area contributed by atoms with E-state index in [9.17, 15) is 5.11 Å². The van der Waals surface area contributed by atoms with Gasteiger partial charge in [0.25, 0.3) is 0 Å². The number of nitrogens with one attached hydrogen (secondary N) is 1. The molecule has 0 aromatic carbocycles. The Morgan fingerprint density at radius 1 is 1.35 bits per heavy atom. The Morgan fingerprint density at radius 2 is 1.94 bits per heavy atom. The lowest BCUT2D eigenvalue weighted by molar-refractivity contribution is 0.115. The Kier molecular flexibility index (Phi) is 5.86. The van der Waals surface area contributed by atoms with Crippen molar-refractivity contribution >= 4 is 0 Å². The van der Waals surface area contributed by atoms with Gasteiger partial charge in [-0.3, -0.25) is 0 Å². The van der Waals surface area contributed by atoms with Crippen LogP contribution >= 0.6 is 0 Å². The van der Waals surface area contributed by atoms with Crippen molar-refractivity contribution in [3.05, 3.63) is 0 Å². The van der Waals surface area contributed by atoms with Crippen LogP contribution in [0.4, 0.5) is 0 Å². The maximum absolute atomic E-state index is 9.19. The first-order chi connectivity index (χ1) is 8.06. The smallest absolute Gasteiger partial charge is 0.0471 e. The zero-order valence-corrected chi connectivity index (χ0v) is 11.6. The standard InChI is InChI=1S/C13H29N3O/c1-4-16-7-5-13(10-14,6-8-16)15-12(3)11(2)9-17/h11-12,15,17H,4-10,14H2,1-3H3. The minimum absolute atomic E-state index is 0.0779. The van der Waals surface area contributed by atoms with Crippen molar-refractivity contribution in [1.29, 1.82) is 0 Å². The normalized spacial score (nSPS) is 24.5. The van der Waals surface area contributed by atoms with Crippen LogP contribution in [0.1, 0.15) is 33.6 Å². The maximum Gasteiger partial charge on any atom is 0.0471 e. The quantitative estimate of drug-likeness (QED) is 0.632. The first-order valence-electron chi connectivity index (χ1n) is 6.88. The average Bonchev–Trinajstić information content (AvgIpc) is 2.38. The Bertz CT molecular complexity index is 215. The van der Waals surface area contributed by atoms with Gasteiger partial charge in [-0.05, 0) is 45.3 Å². The number of aliphatic hydroxyl groups excluding tert-OH is 1. The van der Waals surface area contributed by atoms with Gasteiger partial charge < -0.3 is 21.1 Å². The van der Waals surface area contributed by atoms with Gasteiger partial charge in [-0.25, -0.2) is 0 Å². The molecule has 1 aliphatic heterocycles. The Morgan fingerprint density at radius 3 is 2.35 bits per heavy atom. The van der Waals surface area contributed by atoms with E-state index in [-0.39, 0.29) is 18.1 Å². The highest BCUT2D eigenvalue weighted by Crippen LogP contribution is 2.23. The summed E-state index contributed by atoms with van der Waals surface area (Å²) in [5.41, 5.74) is 6.05. The fourth-order valence-electron chi connectivity index (χ4n) is 2.49. The molecule has 0 aliphatic carbocycles. The predicted molar refractivity (Wildman–Crippen MR) is 72.0 cm³/mol. The molecule has 1 aliphatic rings. The molecular formula is C13H29N3O. The SMILES string of the molecule is CCN1CCC(CN)(NC(C)C(C)CO)CC1. The minimum atomic E-state index is 0.0779. The van der Waals surface area contributed by atoms with Crippen LogP contribution in [-0.4, -0.2) is 54.4 Å². The van der Waals surface area contributed by atoms with Crippen LogP contribution in [0.25, 0.3) is 0 Å². The van der Waals surface area contributed by atoms with Gasteiger partial charge in [0.1, 0.15) is 0 Å². The van der Waals surface area contributed by atoms with Gasteiger partial charge in [0.05, 0.1) is 0 Å². The molecule has 0 aromatic heterocycles. The largest absolute Gasteiger partial charge is 0.396 e. The van der Waals surface area contributed by atoms with Crippen molar-refractivity contribution in [3.8, 4) is 0 Å². The summed E-state index contributed by atoms with van der Waals surface area (Å²) in [5.74, 6) is 0.280. The molecule has 1 saturated heterocycles. The Balaban J connectivity index is 2.52. The molecule has 0 radical (unpaired) electrons. The number of aliphatic hydroxyl groups is 1. The molecule has 0 spiro atoms. The first kappa shape index (κ1) is 14.9. The molecule has 0 amide bonds. The summed E-state index contributed by atoms with van der Waals surface area (Å²) in [6.45, 7) is 10.7. The van der Waals surface area contributed by atoms with E-state index in [2.05, 4.69) is 31.0 Å². The van der Waals surface area contributed by atoms with Gasteiger partial charge >= 0.3 is 0 Å². The number of hydrogen-bond donors (Lipinski definition) is 3. The van der Waals surface area contributed by atoms with Crippen LogP contribution in [0.2, 0.25) is 0 Å². The van der Waals surface area contributed by atoms with Gasteiger partial charge in [0.2, 0.25) is 0 Å². The number of rotatable bonds is 6. The lowest BCUT2D eigenvalue weighted by atomic mass is 9.85. The lowest BCUT2D eigenvalue weighted by Crippen LogP contribution is -2.61. The number of likely N-dealkylation sites (tertiary alicyclic amines) is 1. The van der Waals surface area contributed by atoms with Crippen LogP contribution in [0.3, 0.4) is 0 Å². The molecule has 0 aromatic rings. The predicted octanol–water partition coefficient (Wildman–Crippen LogP) is 0.406. The summed E-state index contributed by atoms with van der Waals surface area (Å²) in [6, 6.07) is 0.316. The van der Waals surface area contributed by atoms with Crippen LogP contribution in [0.5, 0.6) is 0 Å². The van der Waals surface area contributed by atoms with E-state index < -0.39 is 0 Å². The molecule has 0 saturated carbocycles. The fraction of sp³-hybridized carbons (Fsp3) is 1.00. The van der Waals surface area contributed by atoms with Gasteiger partial charge in [-0.1, -0.05) is 13.8 Å². The van der Waals surface area contributed by atoms with Gasteiger partial charge in [-0.15, -0.1) is 0 Å². The summed E-state index contributed by atoms with van der Waals surface area (Å²) in [5, 5.41) is 12.9. The molecule has 0 bridgehead atoms. The van der Waals surface area contributed by atoms with E-state index in [1.165, 1.54) is 0 Å².